The Kier molecular flexibility index (Phi) is 7.93. The molecule has 1 heterocycles. The molecule has 1 aromatic heterocycles. The van der Waals surface area contributed by atoms with E-state index in [1.54, 1.807) is 0 Å². The Morgan fingerprint density at radius 3 is 2.53 bits per heavy atom. The summed E-state index contributed by atoms with van der Waals surface area (Å²) in [5, 5.41) is 19.5. The lowest BCUT2D eigenvalue weighted by atomic mass is 10.1. The van der Waals surface area contributed by atoms with Gasteiger partial charge < -0.3 is 15.5 Å². The normalized spacial score (nSPS) is 12.6. The maximum absolute atomic E-state index is 14.5. The van der Waals surface area contributed by atoms with Crippen molar-refractivity contribution in [2.45, 2.75) is 12.3 Å². The van der Waals surface area contributed by atoms with Gasteiger partial charge in [0.15, 0.2) is 11.6 Å². The van der Waals surface area contributed by atoms with Gasteiger partial charge in [0.1, 0.15) is 18.5 Å². The minimum absolute atomic E-state index is 0.417. The number of aliphatic hydroxyl groups is 2. The van der Waals surface area contributed by atoms with Crippen LogP contribution in [0.5, 0.6) is 0 Å². The van der Waals surface area contributed by atoms with Crippen LogP contribution < -0.4 is 10.8 Å². The van der Waals surface area contributed by atoms with Crippen LogP contribution in [0.4, 0.5) is 33.5 Å². The molecular formula is C16H12BrClF5N3O4. The number of anilines is 2. The van der Waals surface area contributed by atoms with E-state index < -0.39 is 75.2 Å². The molecule has 1 unspecified atom stereocenters. The monoisotopic (exact) mass is 519 g/mol. The Labute approximate surface area is 178 Å². The molecule has 1 amide bonds. The van der Waals surface area contributed by atoms with Gasteiger partial charge >= 0.3 is 6.18 Å². The number of hydrogen-bond acceptors (Lipinski definition) is 6. The molecular weight excluding hydrogens is 509 g/mol. The topological polar surface area (TPSA) is 104 Å². The quantitative estimate of drug-likeness (QED) is 0.253. The zero-order valence-electron chi connectivity index (χ0n) is 14.5. The van der Waals surface area contributed by atoms with E-state index in [4.69, 9.17) is 21.8 Å². The number of aromatic nitrogens is 1. The highest BCUT2D eigenvalue weighted by molar-refractivity contribution is 9.10. The van der Waals surface area contributed by atoms with E-state index in [0.717, 1.165) is 6.07 Å². The molecule has 0 radical (unpaired) electrons. The highest BCUT2D eigenvalue weighted by Crippen LogP contribution is 2.35. The van der Waals surface area contributed by atoms with Crippen molar-refractivity contribution in [2.24, 2.45) is 0 Å². The zero-order valence-corrected chi connectivity index (χ0v) is 16.9. The third-order valence-corrected chi connectivity index (χ3v) is 4.34. The second-order valence-corrected chi connectivity index (χ2v) is 6.93. The van der Waals surface area contributed by atoms with Gasteiger partial charge in [0, 0.05) is 6.20 Å². The smallest absolute Gasteiger partial charge is 0.394 e. The largest absolute Gasteiger partial charge is 0.417 e. The highest BCUT2D eigenvalue weighted by atomic mass is 79.9. The first-order chi connectivity index (χ1) is 14.0. The predicted molar refractivity (Wildman–Crippen MR) is 98.1 cm³/mol. The summed E-state index contributed by atoms with van der Waals surface area (Å²) in [7, 11) is 0. The molecule has 2 rings (SSSR count). The van der Waals surface area contributed by atoms with Crippen LogP contribution in [0.3, 0.4) is 0 Å². The van der Waals surface area contributed by atoms with E-state index in [9.17, 15) is 26.7 Å². The van der Waals surface area contributed by atoms with Crippen molar-refractivity contribution in [1.82, 2.24) is 10.5 Å². The zero-order chi connectivity index (χ0) is 22.6. The number of alkyl halides is 3. The van der Waals surface area contributed by atoms with Crippen molar-refractivity contribution in [3.8, 4) is 0 Å². The molecule has 0 spiro atoms. The van der Waals surface area contributed by atoms with Gasteiger partial charge in [0.2, 0.25) is 0 Å². The van der Waals surface area contributed by atoms with Crippen LogP contribution in [0.1, 0.15) is 15.9 Å². The molecule has 0 aliphatic rings. The van der Waals surface area contributed by atoms with E-state index >= 15 is 0 Å². The first-order valence-corrected chi connectivity index (χ1v) is 9.01. The van der Waals surface area contributed by atoms with E-state index in [0.29, 0.717) is 12.3 Å². The first-order valence-electron chi connectivity index (χ1n) is 7.84. The maximum Gasteiger partial charge on any atom is 0.417 e. The highest BCUT2D eigenvalue weighted by Gasteiger charge is 2.32. The number of hydrogen-bond donors (Lipinski definition) is 4. The number of benzene rings is 1. The van der Waals surface area contributed by atoms with E-state index in [1.165, 1.54) is 0 Å². The van der Waals surface area contributed by atoms with Crippen molar-refractivity contribution in [1.29, 1.82) is 0 Å². The van der Waals surface area contributed by atoms with Crippen LogP contribution in [0.25, 0.3) is 0 Å². The van der Waals surface area contributed by atoms with Gasteiger partial charge in [-0.2, -0.15) is 13.2 Å². The third-order valence-electron chi connectivity index (χ3n) is 3.47. The summed E-state index contributed by atoms with van der Waals surface area (Å²) >= 11 is 8.48. The van der Waals surface area contributed by atoms with Crippen LogP contribution in [-0.2, 0) is 11.0 Å². The Bertz CT molecular complexity index is 948. The maximum atomic E-state index is 14.5. The molecule has 14 heteroatoms. The first kappa shape index (κ1) is 24.2. The average Bonchev–Trinajstić information content (AvgIpc) is 2.68. The summed E-state index contributed by atoms with van der Waals surface area (Å²) in [4.78, 5) is 20.4. The average molecular weight is 521 g/mol. The van der Waals surface area contributed by atoms with Gasteiger partial charge in [-0.05, 0) is 28.1 Å². The predicted octanol–water partition coefficient (Wildman–Crippen LogP) is 3.55. The molecule has 7 nitrogen and oxygen atoms in total. The Hall–Kier alpha value is -2.06. The van der Waals surface area contributed by atoms with Gasteiger partial charge in [-0.3, -0.25) is 9.63 Å². The standard InChI is InChI=1S/C16H12BrClF5N3O4/c17-9-2-8(15(29)26-30-5-7(28)4-27)13(12(20)11(9)19)25-14-10(18)1-6(3-24-14)16(21,22)23/h1-3,7,27-28H,4-5H2,(H,24,25)(H,26,29). The van der Waals surface area contributed by atoms with Gasteiger partial charge in [-0.1, -0.05) is 11.6 Å². The number of carbonyl (C=O) groups is 1. The molecule has 30 heavy (non-hydrogen) atoms. The molecule has 0 saturated carbocycles. The summed E-state index contributed by atoms with van der Waals surface area (Å²) in [5.41, 5.74) is -0.640. The summed E-state index contributed by atoms with van der Waals surface area (Å²) in [5.74, 6) is -4.53. The van der Waals surface area contributed by atoms with Crippen LogP contribution in [0.15, 0.2) is 22.8 Å². The summed E-state index contributed by atoms with van der Waals surface area (Å²) in [6.07, 6.45) is -5.62. The molecule has 0 fully saturated rings. The van der Waals surface area contributed by atoms with E-state index in [2.05, 4.69) is 31.1 Å². The SMILES string of the molecule is O=C(NOCC(O)CO)c1cc(Br)c(F)c(F)c1Nc1ncc(C(F)(F)F)cc1Cl. The lowest BCUT2D eigenvalue weighted by Gasteiger charge is -2.16. The molecule has 0 bridgehead atoms. The number of hydroxylamine groups is 1. The number of aliphatic hydroxyl groups excluding tert-OH is 2. The summed E-state index contributed by atoms with van der Waals surface area (Å²) in [6, 6.07) is 1.39. The van der Waals surface area contributed by atoms with E-state index in [-0.39, 0.29) is 0 Å². The molecule has 0 aliphatic carbocycles. The minimum Gasteiger partial charge on any atom is -0.394 e. The number of halogens is 7. The Morgan fingerprint density at radius 1 is 1.30 bits per heavy atom. The second kappa shape index (κ2) is 9.83. The number of amides is 1. The fourth-order valence-corrected chi connectivity index (χ4v) is 2.63. The third kappa shape index (κ3) is 5.76. The molecule has 1 aromatic carbocycles. The molecule has 2 aromatic rings. The number of pyridine rings is 1. The van der Waals surface area contributed by atoms with Crippen molar-refractivity contribution in [3.63, 3.8) is 0 Å². The van der Waals surface area contributed by atoms with E-state index in [1.807, 2.05) is 5.48 Å². The van der Waals surface area contributed by atoms with Gasteiger partial charge in [-0.25, -0.2) is 19.2 Å². The van der Waals surface area contributed by atoms with Crippen molar-refractivity contribution >= 4 is 44.9 Å². The van der Waals surface area contributed by atoms with Crippen molar-refractivity contribution < 1.29 is 41.8 Å². The summed E-state index contributed by atoms with van der Waals surface area (Å²) in [6.45, 7) is -1.17. The van der Waals surface area contributed by atoms with Crippen LogP contribution in [0.2, 0.25) is 5.02 Å². The lowest BCUT2D eigenvalue weighted by molar-refractivity contribution is -0.137. The molecule has 0 aliphatic heterocycles. The van der Waals surface area contributed by atoms with Gasteiger partial charge in [-0.15, -0.1) is 0 Å². The Balaban J connectivity index is 2.37. The van der Waals surface area contributed by atoms with Crippen molar-refractivity contribution in [3.05, 3.63) is 50.6 Å². The van der Waals surface area contributed by atoms with Crippen LogP contribution >= 0.6 is 27.5 Å². The van der Waals surface area contributed by atoms with Crippen LogP contribution in [0, 0.1) is 11.6 Å². The molecule has 4 N–H and O–H groups in total. The van der Waals surface area contributed by atoms with Gasteiger partial charge in [0.25, 0.3) is 5.91 Å². The summed E-state index contributed by atoms with van der Waals surface area (Å²) < 4.78 is 66.2. The van der Waals surface area contributed by atoms with Crippen LogP contribution in [-0.4, -0.2) is 40.4 Å². The fourth-order valence-electron chi connectivity index (χ4n) is 2.01. The number of nitrogens with one attached hydrogen (secondary N) is 2. The fraction of sp³-hybridized carbons (Fsp3) is 0.250. The minimum atomic E-state index is -4.73. The number of nitrogens with zero attached hydrogens (tertiary/aromatic N) is 1. The molecule has 0 saturated heterocycles. The Morgan fingerprint density at radius 2 is 1.97 bits per heavy atom. The second-order valence-electron chi connectivity index (χ2n) is 5.66. The van der Waals surface area contributed by atoms with Gasteiger partial charge in [0.05, 0.1) is 32.9 Å². The number of carbonyl (C=O) groups excluding carboxylic acids is 1. The number of rotatable bonds is 7. The molecule has 164 valence electrons. The lowest BCUT2D eigenvalue weighted by Crippen LogP contribution is -2.30. The molecule has 1 atom stereocenters. The van der Waals surface area contributed by atoms with Crippen molar-refractivity contribution in [2.75, 3.05) is 18.5 Å².